The first kappa shape index (κ1) is 17.5. The molecule has 2 aromatic carbocycles. The van der Waals surface area contributed by atoms with Crippen molar-refractivity contribution in [1.29, 1.82) is 0 Å². The molecule has 0 aliphatic carbocycles. The Morgan fingerprint density at radius 2 is 1.92 bits per heavy atom. The van der Waals surface area contributed by atoms with Gasteiger partial charge in [-0.3, -0.25) is 0 Å². The molecule has 2 amide bonds. The number of halogens is 1. The number of aromatic nitrogens is 3. The summed E-state index contributed by atoms with van der Waals surface area (Å²) in [5, 5.41) is 17.8. The maximum Gasteiger partial charge on any atom is 0.319 e. The molecule has 1 atom stereocenters. The molecule has 0 aliphatic heterocycles. The first-order valence-corrected chi connectivity index (χ1v) is 8.19. The Morgan fingerprint density at radius 1 is 1.15 bits per heavy atom. The van der Waals surface area contributed by atoms with E-state index < -0.39 is 6.03 Å². The molecule has 2 N–H and O–H groups in total. The number of ether oxygens (including phenoxy) is 1. The summed E-state index contributed by atoms with van der Waals surface area (Å²) >= 11 is 0. The second-order valence-electron chi connectivity index (χ2n) is 5.63. The SMILES string of the molecule is CCC(COc1nnnc2ccccc12)NC(=O)Nc1ccc(F)cc1. The van der Waals surface area contributed by atoms with E-state index in [1.165, 1.54) is 24.3 Å². The van der Waals surface area contributed by atoms with E-state index in [4.69, 9.17) is 4.74 Å². The predicted octanol–water partition coefficient (Wildman–Crippen LogP) is 3.14. The molecule has 0 aliphatic rings. The lowest BCUT2D eigenvalue weighted by molar-refractivity contribution is 0.229. The number of hydrogen-bond donors (Lipinski definition) is 2. The van der Waals surface area contributed by atoms with Gasteiger partial charge in [0.05, 0.1) is 11.4 Å². The fourth-order valence-corrected chi connectivity index (χ4v) is 2.34. The molecule has 3 aromatic rings. The third-order valence-electron chi connectivity index (χ3n) is 3.77. The second kappa shape index (κ2) is 8.19. The standard InChI is InChI=1S/C18H18FN5O2/c1-2-13(20-18(25)21-14-9-7-12(19)8-10-14)11-26-17-15-5-3-4-6-16(15)22-24-23-17/h3-10,13H,2,11H2,1H3,(H2,20,21,25). The Kier molecular flexibility index (Phi) is 5.52. The third kappa shape index (κ3) is 4.41. The molecule has 1 aromatic heterocycles. The van der Waals surface area contributed by atoms with Gasteiger partial charge in [0.1, 0.15) is 17.9 Å². The van der Waals surface area contributed by atoms with Gasteiger partial charge in [0.2, 0.25) is 5.88 Å². The van der Waals surface area contributed by atoms with Crippen LogP contribution < -0.4 is 15.4 Å². The normalized spacial score (nSPS) is 11.8. The van der Waals surface area contributed by atoms with Crippen molar-refractivity contribution in [2.75, 3.05) is 11.9 Å². The number of anilines is 1. The van der Waals surface area contributed by atoms with E-state index in [-0.39, 0.29) is 18.5 Å². The molecule has 0 fully saturated rings. The fourth-order valence-electron chi connectivity index (χ4n) is 2.34. The fraction of sp³-hybridized carbons (Fsp3) is 0.222. The maximum absolute atomic E-state index is 12.9. The predicted molar refractivity (Wildman–Crippen MR) is 95.5 cm³/mol. The number of urea groups is 1. The van der Waals surface area contributed by atoms with Crippen LogP contribution in [0.1, 0.15) is 13.3 Å². The van der Waals surface area contributed by atoms with Gasteiger partial charge in [-0.1, -0.05) is 24.2 Å². The zero-order valence-corrected chi connectivity index (χ0v) is 14.1. The Labute approximate surface area is 149 Å². The number of rotatable bonds is 6. The van der Waals surface area contributed by atoms with Gasteiger partial charge in [-0.15, -0.1) is 5.10 Å². The molecule has 0 radical (unpaired) electrons. The number of hydrogen-bond acceptors (Lipinski definition) is 5. The lowest BCUT2D eigenvalue weighted by atomic mass is 10.2. The summed E-state index contributed by atoms with van der Waals surface area (Å²) in [6.07, 6.45) is 0.660. The number of amides is 2. The van der Waals surface area contributed by atoms with E-state index in [9.17, 15) is 9.18 Å². The highest BCUT2D eigenvalue weighted by molar-refractivity contribution is 5.89. The van der Waals surface area contributed by atoms with Crippen LogP contribution in [0.4, 0.5) is 14.9 Å². The van der Waals surface area contributed by atoms with E-state index in [0.717, 1.165) is 5.39 Å². The number of carbonyl (C=O) groups is 1. The van der Waals surface area contributed by atoms with E-state index >= 15 is 0 Å². The summed E-state index contributed by atoms with van der Waals surface area (Å²) in [4.78, 5) is 12.1. The van der Waals surface area contributed by atoms with Crippen molar-refractivity contribution >= 4 is 22.6 Å². The summed E-state index contributed by atoms with van der Waals surface area (Å²) in [7, 11) is 0. The largest absolute Gasteiger partial charge is 0.474 e. The molecule has 26 heavy (non-hydrogen) atoms. The number of nitrogens with one attached hydrogen (secondary N) is 2. The molecule has 0 saturated carbocycles. The highest BCUT2D eigenvalue weighted by Crippen LogP contribution is 2.19. The first-order chi connectivity index (χ1) is 12.7. The molecule has 8 heteroatoms. The van der Waals surface area contributed by atoms with Crippen molar-refractivity contribution in [2.24, 2.45) is 0 Å². The highest BCUT2D eigenvalue weighted by atomic mass is 19.1. The molecule has 134 valence electrons. The molecule has 0 bridgehead atoms. The number of carbonyl (C=O) groups excluding carboxylic acids is 1. The van der Waals surface area contributed by atoms with Gasteiger partial charge >= 0.3 is 6.03 Å². The Balaban J connectivity index is 1.58. The van der Waals surface area contributed by atoms with Crippen molar-refractivity contribution < 1.29 is 13.9 Å². The molecule has 1 unspecified atom stereocenters. The van der Waals surface area contributed by atoms with Gasteiger partial charge in [0, 0.05) is 5.69 Å². The third-order valence-corrected chi connectivity index (χ3v) is 3.77. The zero-order chi connectivity index (χ0) is 18.4. The topological polar surface area (TPSA) is 89.0 Å². The molecule has 7 nitrogen and oxygen atoms in total. The summed E-state index contributed by atoms with van der Waals surface area (Å²) in [5.74, 6) is 0.0104. The van der Waals surface area contributed by atoms with Crippen molar-refractivity contribution in [3.63, 3.8) is 0 Å². The van der Waals surface area contributed by atoms with Crippen LogP contribution in [0, 0.1) is 5.82 Å². The Hall–Kier alpha value is -3.29. The lowest BCUT2D eigenvalue weighted by Gasteiger charge is -2.18. The lowest BCUT2D eigenvalue weighted by Crippen LogP contribution is -2.41. The van der Waals surface area contributed by atoms with Crippen molar-refractivity contribution in [1.82, 2.24) is 20.7 Å². The van der Waals surface area contributed by atoms with Gasteiger partial charge in [0.25, 0.3) is 0 Å². The van der Waals surface area contributed by atoms with Crippen molar-refractivity contribution in [3.8, 4) is 5.88 Å². The quantitative estimate of drug-likeness (QED) is 0.709. The van der Waals surface area contributed by atoms with Crippen LogP contribution in [0.25, 0.3) is 10.9 Å². The van der Waals surface area contributed by atoms with E-state index in [2.05, 4.69) is 26.0 Å². The maximum atomic E-state index is 12.9. The van der Waals surface area contributed by atoms with E-state index in [0.29, 0.717) is 23.5 Å². The van der Waals surface area contributed by atoms with Gasteiger partial charge in [0.15, 0.2) is 0 Å². The van der Waals surface area contributed by atoms with Gasteiger partial charge < -0.3 is 15.4 Å². The average Bonchev–Trinajstić information content (AvgIpc) is 2.67. The molecule has 0 saturated heterocycles. The Morgan fingerprint density at radius 3 is 2.69 bits per heavy atom. The van der Waals surface area contributed by atoms with Crippen LogP contribution in [0.15, 0.2) is 48.5 Å². The Bertz CT molecular complexity index is 883. The molecular formula is C18H18FN5O2. The van der Waals surface area contributed by atoms with Gasteiger partial charge in [-0.2, -0.15) is 0 Å². The minimum Gasteiger partial charge on any atom is -0.474 e. The van der Waals surface area contributed by atoms with E-state index in [1.54, 1.807) is 0 Å². The monoisotopic (exact) mass is 355 g/mol. The van der Waals surface area contributed by atoms with E-state index in [1.807, 2.05) is 31.2 Å². The minimum atomic E-state index is -0.391. The average molecular weight is 355 g/mol. The van der Waals surface area contributed by atoms with Crippen LogP contribution in [0.2, 0.25) is 0 Å². The summed E-state index contributed by atoms with van der Waals surface area (Å²) in [6.45, 7) is 2.17. The minimum absolute atomic E-state index is 0.232. The summed E-state index contributed by atoms with van der Waals surface area (Å²) in [5.41, 5.74) is 1.19. The smallest absolute Gasteiger partial charge is 0.319 e. The summed E-state index contributed by atoms with van der Waals surface area (Å²) in [6, 6.07) is 12.3. The zero-order valence-electron chi connectivity index (χ0n) is 14.1. The van der Waals surface area contributed by atoms with Gasteiger partial charge in [-0.25, -0.2) is 9.18 Å². The van der Waals surface area contributed by atoms with Crippen LogP contribution in [-0.4, -0.2) is 34.1 Å². The molecule has 3 rings (SSSR count). The highest BCUT2D eigenvalue weighted by Gasteiger charge is 2.13. The molecule has 1 heterocycles. The van der Waals surface area contributed by atoms with Crippen molar-refractivity contribution in [3.05, 3.63) is 54.3 Å². The first-order valence-electron chi connectivity index (χ1n) is 8.19. The number of benzene rings is 2. The second-order valence-corrected chi connectivity index (χ2v) is 5.63. The van der Waals surface area contributed by atoms with Crippen molar-refractivity contribution in [2.45, 2.75) is 19.4 Å². The van der Waals surface area contributed by atoms with Crippen LogP contribution in [-0.2, 0) is 0 Å². The number of nitrogens with zero attached hydrogens (tertiary/aromatic N) is 3. The molecular weight excluding hydrogens is 337 g/mol. The van der Waals surface area contributed by atoms with Crippen LogP contribution in [0.5, 0.6) is 5.88 Å². The van der Waals surface area contributed by atoms with Crippen LogP contribution in [0.3, 0.4) is 0 Å². The van der Waals surface area contributed by atoms with Gasteiger partial charge in [-0.05, 0) is 48.0 Å². The van der Waals surface area contributed by atoms with Crippen LogP contribution >= 0.6 is 0 Å². The molecule has 0 spiro atoms. The summed E-state index contributed by atoms with van der Waals surface area (Å²) < 4.78 is 18.6. The number of fused-ring (bicyclic) bond motifs is 1.